The van der Waals surface area contributed by atoms with Crippen LogP contribution in [-0.2, 0) is 15.3 Å². The number of fused-ring (bicyclic) bond motifs is 2. The topological polar surface area (TPSA) is 70.4 Å². The third kappa shape index (κ3) is 4.78. The van der Waals surface area contributed by atoms with Gasteiger partial charge in [-0.1, -0.05) is 42.1 Å². The zero-order valence-electron chi connectivity index (χ0n) is 19.5. The highest BCUT2D eigenvalue weighted by molar-refractivity contribution is 9.10. The Balaban J connectivity index is 1.71. The molecule has 0 unspecified atom stereocenters. The average molecular weight is 582 g/mol. The summed E-state index contributed by atoms with van der Waals surface area (Å²) in [4.78, 5) is 29.8. The van der Waals surface area contributed by atoms with E-state index in [-0.39, 0.29) is 6.61 Å². The van der Waals surface area contributed by atoms with Crippen LogP contribution in [0.15, 0.2) is 75.5 Å². The van der Waals surface area contributed by atoms with Gasteiger partial charge in [0.25, 0.3) is 0 Å². The Bertz CT molecular complexity index is 1560. The fourth-order valence-electron chi connectivity index (χ4n) is 4.06. The van der Waals surface area contributed by atoms with Gasteiger partial charge in [0, 0.05) is 29.4 Å². The lowest BCUT2D eigenvalue weighted by atomic mass is 10.1. The lowest BCUT2D eigenvalue weighted by molar-refractivity contribution is -0.131. The van der Waals surface area contributed by atoms with Crippen LogP contribution in [0.5, 0.6) is 5.75 Å². The minimum Gasteiger partial charge on any atom is -0.462 e. The maximum absolute atomic E-state index is 13.3. The number of halogens is 1. The number of nitrogens with zero attached hydrogens (tertiary/aromatic N) is 2. The summed E-state index contributed by atoms with van der Waals surface area (Å²) < 4.78 is 15.6. The number of ether oxygens (including phenoxy) is 2. The number of aromatic nitrogens is 2. The molecule has 5 rings (SSSR count). The van der Waals surface area contributed by atoms with Crippen molar-refractivity contribution in [1.82, 2.24) is 9.55 Å². The van der Waals surface area contributed by atoms with Crippen LogP contribution in [0.4, 0.5) is 0 Å². The molecule has 0 radical (unpaired) electrons. The Morgan fingerprint density at radius 2 is 1.83 bits per heavy atom. The van der Waals surface area contributed by atoms with Crippen molar-refractivity contribution in [3.05, 3.63) is 82.5 Å². The number of carbonyl (C=O) groups is 2. The van der Waals surface area contributed by atoms with Crippen molar-refractivity contribution < 1.29 is 19.1 Å². The Kier molecular flexibility index (Phi) is 7.13. The molecule has 0 fully saturated rings. The van der Waals surface area contributed by atoms with Crippen molar-refractivity contribution in [2.75, 3.05) is 6.61 Å². The number of rotatable bonds is 7. The lowest BCUT2D eigenvalue weighted by Gasteiger charge is -2.12. The van der Waals surface area contributed by atoms with E-state index in [9.17, 15) is 9.59 Å². The molecule has 0 atom stereocenters. The van der Waals surface area contributed by atoms with E-state index in [4.69, 9.17) is 14.5 Å². The molecule has 5 aromatic rings. The van der Waals surface area contributed by atoms with Gasteiger partial charge < -0.3 is 14.0 Å². The number of esters is 2. The van der Waals surface area contributed by atoms with Crippen molar-refractivity contribution in [1.29, 1.82) is 0 Å². The third-order valence-electron chi connectivity index (χ3n) is 5.47. The molecule has 0 saturated heterocycles. The molecule has 0 N–H and O–H groups in total. The van der Waals surface area contributed by atoms with Gasteiger partial charge in [0.15, 0.2) is 4.34 Å². The molecule has 0 aliphatic carbocycles. The molecule has 0 saturated carbocycles. The van der Waals surface area contributed by atoms with Crippen LogP contribution < -0.4 is 4.74 Å². The molecular formula is C27H21BrN2O4S2. The Morgan fingerprint density at radius 3 is 2.56 bits per heavy atom. The molecule has 0 aliphatic rings. The van der Waals surface area contributed by atoms with E-state index in [0.29, 0.717) is 26.9 Å². The molecule has 3 aromatic carbocycles. The first kappa shape index (κ1) is 24.5. The fourth-order valence-corrected chi connectivity index (χ4v) is 6.54. The number of hydrogen-bond acceptors (Lipinski definition) is 7. The second-order valence-corrected chi connectivity index (χ2v) is 11.0. The summed E-state index contributed by atoms with van der Waals surface area (Å²) in [6.07, 6.45) is 0. The molecule has 0 bridgehead atoms. The van der Waals surface area contributed by atoms with Gasteiger partial charge in [-0.15, -0.1) is 11.3 Å². The summed E-state index contributed by atoms with van der Waals surface area (Å²) in [5.74, 6) is -0.0379. The average Bonchev–Trinajstić information content (AvgIpc) is 3.41. The zero-order valence-corrected chi connectivity index (χ0v) is 22.7. The van der Waals surface area contributed by atoms with Crippen LogP contribution in [0.3, 0.4) is 0 Å². The molecule has 2 aromatic heterocycles. The quantitative estimate of drug-likeness (QED) is 0.113. The molecule has 2 heterocycles. The summed E-state index contributed by atoms with van der Waals surface area (Å²) in [7, 11) is 0. The van der Waals surface area contributed by atoms with Gasteiger partial charge >= 0.3 is 11.9 Å². The van der Waals surface area contributed by atoms with Crippen LogP contribution in [0.2, 0.25) is 0 Å². The highest BCUT2D eigenvalue weighted by Gasteiger charge is 2.26. The first-order valence-electron chi connectivity index (χ1n) is 11.2. The number of para-hydroxylation sites is 2. The van der Waals surface area contributed by atoms with E-state index in [1.807, 2.05) is 54.6 Å². The van der Waals surface area contributed by atoms with Crippen molar-refractivity contribution in [2.24, 2.45) is 0 Å². The number of hydrogen-bond donors (Lipinski definition) is 0. The molecule has 9 heteroatoms. The summed E-state index contributed by atoms with van der Waals surface area (Å²) in [5, 5.41) is 0.650. The van der Waals surface area contributed by atoms with E-state index in [0.717, 1.165) is 31.5 Å². The number of thiazole rings is 1. The Morgan fingerprint density at radius 1 is 1.08 bits per heavy atom. The molecule has 182 valence electrons. The lowest BCUT2D eigenvalue weighted by Crippen LogP contribution is -2.09. The van der Waals surface area contributed by atoms with E-state index in [1.54, 1.807) is 36.1 Å². The van der Waals surface area contributed by atoms with Gasteiger partial charge in [-0.3, -0.25) is 4.79 Å². The summed E-state index contributed by atoms with van der Waals surface area (Å²) in [5.41, 5.74) is 3.89. The Labute approximate surface area is 224 Å². The number of thioether (sulfide) groups is 1. The molecule has 0 aliphatic heterocycles. The van der Waals surface area contributed by atoms with E-state index in [2.05, 4.69) is 26.6 Å². The van der Waals surface area contributed by atoms with E-state index < -0.39 is 11.9 Å². The van der Waals surface area contributed by atoms with Gasteiger partial charge in [-0.25, -0.2) is 9.78 Å². The second kappa shape index (κ2) is 10.5. The SMILES string of the molecule is CCOC(=O)c1c(CSc2nc3ccccc3s2)n(-c2ccccc2)c2cc(Br)c(OC(C)=O)cc12. The second-order valence-electron chi connectivity index (χ2n) is 7.84. The first-order chi connectivity index (χ1) is 17.5. The van der Waals surface area contributed by atoms with Crippen molar-refractivity contribution in [3.63, 3.8) is 0 Å². The maximum Gasteiger partial charge on any atom is 0.340 e. The van der Waals surface area contributed by atoms with Gasteiger partial charge in [-0.05, 0) is 59.3 Å². The van der Waals surface area contributed by atoms with E-state index >= 15 is 0 Å². The summed E-state index contributed by atoms with van der Waals surface area (Å²) in [6.45, 7) is 3.37. The van der Waals surface area contributed by atoms with Crippen molar-refractivity contribution in [2.45, 2.75) is 23.9 Å². The zero-order chi connectivity index (χ0) is 25.2. The van der Waals surface area contributed by atoms with Crippen LogP contribution in [0.1, 0.15) is 29.9 Å². The molecule has 6 nitrogen and oxygen atoms in total. The largest absolute Gasteiger partial charge is 0.462 e. The van der Waals surface area contributed by atoms with Crippen molar-refractivity contribution >= 4 is 72.1 Å². The first-order valence-corrected chi connectivity index (χ1v) is 13.8. The van der Waals surface area contributed by atoms with Crippen LogP contribution in [0.25, 0.3) is 26.8 Å². The molecule has 0 amide bonds. The highest BCUT2D eigenvalue weighted by atomic mass is 79.9. The number of carbonyl (C=O) groups excluding carboxylic acids is 2. The minimum absolute atomic E-state index is 0.245. The predicted octanol–water partition coefficient (Wildman–Crippen LogP) is 7.40. The molecule has 36 heavy (non-hydrogen) atoms. The van der Waals surface area contributed by atoms with Crippen molar-refractivity contribution in [3.8, 4) is 11.4 Å². The maximum atomic E-state index is 13.3. The molecule has 0 spiro atoms. The smallest absolute Gasteiger partial charge is 0.340 e. The van der Waals surface area contributed by atoms with Gasteiger partial charge in [0.1, 0.15) is 5.75 Å². The van der Waals surface area contributed by atoms with E-state index in [1.165, 1.54) is 6.92 Å². The highest BCUT2D eigenvalue weighted by Crippen LogP contribution is 2.40. The third-order valence-corrected chi connectivity index (χ3v) is 8.28. The Hall–Kier alpha value is -3.14. The normalized spacial score (nSPS) is 11.2. The minimum atomic E-state index is -0.443. The molecular weight excluding hydrogens is 560 g/mol. The van der Waals surface area contributed by atoms with Gasteiger partial charge in [0.05, 0.1) is 32.4 Å². The van der Waals surface area contributed by atoms with Gasteiger partial charge in [0.2, 0.25) is 0 Å². The van der Waals surface area contributed by atoms with Crippen LogP contribution in [0, 0.1) is 0 Å². The fraction of sp³-hybridized carbons (Fsp3) is 0.148. The summed E-state index contributed by atoms with van der Waals surface area (Å²) in [6, 6.07) is 21.5. The van der Waals surface area contributed by atoms with Crippen LogP contribution >= 0.6 is 39.0 Å². The monoisotopic (exact) mass is 580 g/mol. The van der Waals surface area contributed by atoms with Crippen LogP contribution in [-0.4, -0.2) is 28.1 Å². The summed E-state index contributed by atoms with van der Waals surface area (Å²) >= 11 is 6.73. The standard InChI is InChI=1S/C27H21BrN2O4S2/c1-3-33-26(32)25-18-13-23(34-16(2)31)19(28)14-21(18)30(17-9-5-4-6-10-17)22(25)15-35-27-29-20-11-7-8-12-24(20)36-27/h4-14H,3,15H2,1-2H3. The predicted molar refractivity (Wildman–Crippen MR) is 147 cm³/mol. The number of benzene rings is 3. The van der Waals surface area contributed by atoms with Gasteiger partial charge in [-0.2, -0.15) is 0 Å².